The minimum atomic E-state index is -5.13. The zero-order chi connectivity index (χ0) is 23.3. The number of hydrogen-bond donors (Lipinski definition) is 3. The van der Waals surface area contributed by atoms with Gasteiger partial charge < -0.3 is 21.0 Å². The van der Waals surface area contributed by atoms with Crippen LogP contribution in [0.15, 0.2) is 30.3 Å². The summed E-state index contributed by atoms with van der Waals surface area (Å²) >= 11 is 0. The minimum Gasteiger partial charge on any atom is -0.374 e. The summed E-state index contributed by atoms with van der Waals surface area (Å²) in [5, 5.41) is 13.0. The molecule has 5 nitrogen and oxygen atoms in total. The fourth-order valence-electron chi connectivity index (χ4n) is 2.50. The lowest BCUT2D eigenvalue weighted by Gasteiger charge is -2.32. The topological polar surface area (TPSA) is 88.2 Å². The number of aromatic nitrogens is 1. The highest BCUT2D eigenvalue weighted by molar-refractivity contribution is 5.62. The van der Waals surface area contributed by atoms with Gasteiger partial charge in [0.05, 0.1) is 5.69 Å². The van der Waals surface area contributed by atoms with Crippen molar-refractivity contribution in [1.82, 2.24) is 10.3 Å². The van der Waals surface area contributed by atoms with Gasteiger partial charge in [0.15, 0.2) is 5.82 Å². The van der Waals surface area contributed by atoms with Crippen molar-refractivity contribution in [1.29, 1.82) is 0 Å². The zero-order valence-corrected chi connectivity index (χ0v) is 16.9. The highest BCUT2D eigenvalue weighted by Crippen LogP contribution is 2.40. The smallest absolute Gasteiger partial charge is 0.374 e. The molecule has 0 aliphatic carbocycles. The normalized spacial score (nSPS) is 13.8. The van der Waals surface area contributed by atoms with Crippen LogP contribution in [0, 0.1) is 11.6 Å². The number of nitrogens with zero attached hydrogens (tertiary/aromatic N) is 1. The van der Waals surface area contributed by atoms with Crippen molar-refractivity contribution < 1.29 is 31.9 Å². The van der Waals surface area contributed by atoms with E-state index in [1.165, 1.54) is 26.1 Å². The number of alkyl halides is 3. The van der Waals surface area contributed by atoms with Gasteiger partial charge in [-0.1, -0.05) is 0 Å². The molecule has 0 saturated carbocycles. The third kappa shape index (κ3) is 5.18. The lowest BCUT2D eigenvalue weighted by atomic mass is 9.88. The van der Waals surface area contributed by atoms with Crippen LogP contribution in [-0.2, 0) is 15.9 Å². The Morgan fingerprint density at radius 1 is 1.17 bits per heavy atom. The first-order valence-corrected chi connectivity index (χ1v) is 8.84. The van der Waals surface area contributed by atoms with Gasteiger partial charge in [-0.25, -0.2) is 13.8 Å². The Morgan fingerprint density at radius 2 is 1.67 bits per heavy atom. The quantitative estimate of drug-likeness (QED) is 0.497. The maximum absolute atomic E-state index is 15.1. The lowest BCUT2D eigenvalue weighted by molar-refractivity contribution is -0.263. The van der Waals surface area contributed by atoms with E-state index in [9.17, 15) is 22.7 Å². The van der Waals surface area contributed by atoms with Crippen molar-refractivity contribution in [2.24, 2.45) is 5.73 Å². The first-order valence-electron chi connectivity index (χ1n) is 8.84. The number of nitrogens with two attached hydrogens (primary N) is 1. The predicted molar refractivity (Wildman–Crippen MR) is 102 cm³/mol. The molecule has 1 unspecified atom stereocenters. The molecule has 10 heteroatoms. The van der Waals surface area contributed by atoms with Gasteiger partial charge in [-0.05, 0) is 58.2 Å². The molecule has 2 rings (SSSR count). The number of hydrogen-bond acceptors (Lipinski definition) is 5. The molecule has 0 aliphatic rings. The number of aliphatic hydroxyl groups is 1. The van der Waals surface area contributed by atoms with Crippen molar-refractivity contribution in [3.63, 3.8) is 0 Å². The molecule has 1 atom stereocenters. The van der Waals surface area contributed by atoms with Gasteiger partial charge in [-0.15, -0.1) is 0 Å². The Bertz CT molecular complexity index is 870. The van der Waals surface area contributed by atoms with Crippen LogP contribution < -0.4 is 11.1 Å². The van der Waals surface area contributed by atoms with Gasteiger partial charge in [0.1, 0.15) is 17.8 Å². The molecule has 1 aromatic heterocycles. The Labute approximate surface area is 171 Å². The van der Waals surface area contributed by atoms with E-state index in [-0.39, 0.29) is 11.1 Å². The van der Waals surface area contributed by atoms with E-state index >= 15 is 4.39 Å². The van der Waals surface area contributed by atoms with E-state index in [1.807, 2.05) is 0 Å². The van der Waals surface area contributed by atoms with Crippen LogP contribution >= 0.6 is 0 Å². The Hall–Kier alpha value is -2.43. The summed E-state index contributed by atoms with van der Waals surface area (Å²) in [6.07, 6.45) is -4.38. The molecule has 1 heterocycles. The molecule has 4 N–H and O–H groups in total. The second-order valence-corrected chi connectivity index (χ2v) is 6.90. The Balaban J connectivity index is 0.00000141. The second-order valence-electron chi connectivity index (χ2n) is 6.90. The van der Waals surface area contributed by atoms with Gasteiger partial charge in [0.2, 0.25) is 5.60 Å². The molecular weight excluding hydrogens is 409 g/mol. The minimum absolute atomic E-state index is 0.0606. The maximum atomic E-state index is 15.1. The monoisotopic (exact) mass is 433 g/mol. The second kappa shape index (κ2) is 9.59. The predicted octanol–water partition coefficient (Wildman–Crippen LogP) is 3.40. The van der Waals surface area contributed by atoms with Crippen LogP contribution in [-0.4, -0.2) is 36.1 Å². The molecule has 0 radical (unpaired) electrons. The van der Waals surface area contributed by atoms with Crippen molar-refractivity contribution >= 4 is 6.29 Å². The van der Waals surface area contributed by atoms with Crippen molar-refractivity contribution in [3.8, 4) is 11.3 Å². The standard InChI is InChI=1S/C18H20F5N3O.C2H4O/c1-16(2,25-3)12-8-13(17(27,9-24)18(21,22)23)26-15(14(12)20)10-4-6-11(19)7-5-10;1-2-3/h4-8,25,27H,9,24H2,1-3H3;2H,1H3. The summed E-state index contributed by atoms with van der Waals surface area (Å²) in [7, 11) is 1.51. The van der Waals surface area contributed by atoms with E-state index < -0.39 is 46.9 Å². The Morgan fingerprint density at radius 3 is 2.07 bits per heavy atom. The number of nitrogens with one attached hydrogen (secondary N) is 1. The first kappa shape index (κ1) is 25.6. The van der Waals surface area contributed by atoms with Gasteiger partial charge in [-0.3, -0.25) is 0 Å². The molecule has 0 bridgehead atoms. The van der Waals surface area contributed by atoms with Crippen LogP contribution in [0.1, 0.15) is 32.0 Å². The highest BCUT2D eigenvalue weighted by Gasteiger charge is 2.55. The molecule has 0 spiro atoms. The van der Waals surface area contributed by atoms with E-state index in [2.05, 4.69) is 10.3 Å². The molecule has 30 heavy (non-hydrogen) atoms. The maximum Gasteiger partial charge on any atom is 0.424 e. The molecule has 166 valence electrons. The number of carbonyl (C=O) groups is 1. The molecule has 2 aromatic rings. The van der Waals surface area contributed by atoms with Gasteiger partial charge in [0, 0.05) is 23.2 Å². The van der Waals surface area contributed by atoms with Crippen molar-refractivity contribution in [3.05, 3.63) is 53.2 Å². The number of rotatable bonds is 5. The number of pyridine rings is 1. The summed E-state index contributed by atoms with van der Waals surface area (Å²) < 4.78 is 68.7. The molecular formula is C20H24F5N3O2. The van der Waals surface area contributed by atoms with Gasteiger partial charge >= 0.3 is 6.18 Å². The number of halogens is 5. The highest BCUT2D eigenvalue weighted by atomic mass is 19.4. The van der Waals surface area contributed by atoms with E-state index in [0.29, 0.717) is 0 Å². The SMILES string of the molecule is CC=O.CNC(C)(C)c1cc(C(O)(CN)C(F)(F)F)nc(-c2ccc(F)cc2)c1F. The average molecular weight is 433 g/mol. The van der Waals surface area contributed by atoms with Crippen LogP contribution in [0.4, 0.5) is 22.0 Å². The van der Waals surface area contributed by atoms with Crippen LogP contribution in [0.25, 0.3) is 11.3 Å². The summed E-state index contributed by atoms with van der Waals surface area (Å²) in [5.74, 6) is -1.48. The van der Waals surface area contributed by atoms with Crippen LogP contribution in [0.5, 0.6) is 0 Å². The number of aldehydes is 1. The molecule has 1 aromatic carbocycles. The van der Waals surface area contributed by atoms with E-state index in [1.54, 1.807) is 13.8 Å². The van der Waals surface area contributed by atoms with Crippen LogP contribution in [0.3, 0.4) is 0 Å². The van der Waals surface area contributed by atoms with Crippen molar-refractivity contribution in [2.45, 2.75) is 38.1 Å². The summed E-state index contributed by atoms with van der Waals surface area (Å²) in [4.78, 5) is 12.5. The van der Waals surface area contributed by atoms with Gasteiger partial charge in [-0.2, -0.15) is 13.2 Å². The summed E-state index contributed by atoms with van der Waals surface area (Å²) in [6, 6.07) is 5.29. The largest absolute Gasteiger partial charge is 0.424 e. The first-order chi connectivity index (χ1) is 13.8. The van der Waals surface area contributed by atoms with E-state index in [4.69, 9.17) is 10.5 Å². The van der Waals surface area contributed by atoms with Crippen LogP contribution in [0.2, 0.25) is 0 Å². The summed E-state index contributed by atoms with van der Waals surface area (Å²) in [5.41, 5.74) is -0.722. The average Bonchev–Trinajstić information content (AvgIpc) is 2.68. The number of carbonyl (C=O) groups excluding carboxylic acids is 1. The Kier molecular flexibility index (Phi) is 8.18. The third-order valence-corrected chi connectivity index (χ3v) is 4.56. The number of benzene rings is 1. The fourth-order valence-corrected chi connectivity index (χ4v) is 2.50. The zero-order valence-electron chi connectivity index (χ0n) is 16.9. The molecule has 0 fully saturated rings. The molecule has 0 saturated heterocycles. The van der Waals surface area contributed by atoms with Gasteiger partial charge in [0.25, 0.3) is 0 Å². The van der Waals surface area contributed by atoms with E-state index in [0.717, 1.165) is 24.5 Å². The third-order valence-electron chi connectivity index (χ3n) is 4.56. The molecule has 0 amide bonds. The molecule has 0 aliphatic heterocycles. The fraction of sp³-hybridized carbons (Fsp3) is 0.400. The summed E-state index contributed by atoms with van der Waals surface area (Å²) in [6.45, 7) is 3.36. The van der Waals surface area contributed by atoms with Crippen molar-refractivity contribution in [2.75, 3.05) is 13.6 Å². The lowest BCUT2D eigenvalue weighted by Crippen LogP contribution is -2.49.